The Bertz CT molecular complexity index is 490. The summed E-state index contributed by atoms with van der Waals surface area (Å²) in [6, 6.07) is 2.83. The molecule has 0 spiro atoms. The number of rotatable bonds is 8. The second-order valence-electron chi connectivity index (χ2n) is 4.15. The number of aliphatic carboxylic acids is 1. The molecule has 0 aromatic heterocycles. The maximum atomic E-state index is 10.7. The number of carboxylic acids is 1. The number of nitrogens with one attached hydrogen (secondary N) is 1. The van der Waals surface area contributed by atoms with E-state index in [1.807, 2.05) is 0 Å². The smallest absolute Gasteiger partial charge is 0.320 e. The molecule has 0 fully saturated rings. The van der Waals surface area contributed by atoms with E-state index in [-0.39, 0.29) is 0 Å². The van der Waals surface area contributed by atoms with Crippen LogP contribution in [-0.2, 0) is 11.3 Å². The molecule has 1 rings (SSSR count). The van der Waals surface area contributed by atoms with Gasteiger partial charge in [0, 0.05) is 6.54 Å². The number of methoxy groups -OCH3 is 1. The van der Waals surface area contributed by atoms with E-state index in [0.717, 1.165) is 5.56 Å². The Labute approximate surface area is 123 Å². The van der Waals surface area contributed by atoms with Gasteiger partial charge in [0.15, 0.2) is 11.5 Å². The van der Waals surface area contributed by atoms with E-state index in [1.54, 1.807) is 25.1 Å². The first-order valence-electron chi connectivity index (χ1n) is 6.05. The molecule has 1 unspecified atom stereocenters. The van der Waals surface area contributed by atoms with Crippen molar-refractivity contribution in [2.45, 2.75) is 19.5 Å². The number of ether oxygens (including phenoxy) is 2. The zero-order valence-electron chi connectivity index (χ0n) is 11.5. The normalized spacial score (nSPS) is 11.8. The van der Waals surface area contributed by atoms with Crippen molar-refractivity contribution in [3.63, 3.8) is 0 Å². The van der Waals surface area contributed by atoms with Crippen LogP contribution in [0, 0.1) is 0 Å². The van der Waals surface area contributed by atoms with Crippen LogP contribution in [0.2, 0.25) is 5.02 Å². The predicted molar refractivity (Wildman–Crippen MR) is 77.6 cm³/mol. The summed E-state index contributed by atoms with van der Waals surface area (Å²) in [4.78, 5) is 10.7. The number of benzene rings is 1. The number of hydrogen-bond acceptors (Lipinski definition) is 4. The van der Waals surface area contributed by atoms with Gasteiger partial charge < -0.3 is 19.9 Å². The minimum absolute atomic E-state index is 0.323. The Morgan fingerprint density at radius 2 is 2.30 bits per heavy atom. The van der Waals surface area contributed by atoms with Crippen LogP contribution < -0.4 is 14.8 Å². The summed E-state index contributed by atoms with van der Waals surface area (Å²) in [6.45, 7) is 5.83. The van der Waals surface area contributed by atoms with Crippen LogP contribution in [0.5, 0.6) is 11.5 Å². The third kappa shape index (κ3) is 4.43. The Morgan fingerprint density at radius 1 is 1.60 bits per heavy atom. The fraction of sp³-hybridized carbons (Fsp3) is 0.357. The van der Waals surface area contributed by atoms with Crippen molar-refractivity contribution in [2.75, 3.05) is 13.7 Å². The SMILES string of the molecule is C=CCOc1c(Cl)cc(CNC(C)C(=O)O)cc1OC. The van der Waals surface area contributed by atoms with Gasteiger partial charge in [0.1, 0.15) is 12.6 Å². The highest BCUT2D eigenvalue weighted by molar-refractivity contribution is 6.32. The average Bonchev–Trinajstić information content (AvgIpc) is 2.42. The highest BCUT2D eigenvalue weighted by atomic mass is 35.5. The van der Waals surface area contributed by atoms with E-state index < -0.39 is 12.0 Å². The minimum Gasteiger partial charge on any atom is -0.493 e. The number of halogens is 1. The van der Waals surface area contributed by atoms with Gasteiger partial charge in [0.05, 0.1) is 12.1 Å². The summed E-state index contributed by atoms with van der Waals surface area (Å²) in [5.41, 5.74) is 0.811. The third-order valence-corrected chi connectivity index (χ3v) is 2.90. The van der Waals surface area contributed by atoms with Gasteiger partial charge in [0.2, 0.25) is 0 Å². The van der Waals surface area contributed by atoms with Crippen molar-refractivity contribution in [3.8, 4) is 11.5 Å². The molecule has 5 nitrogen and oxygen atoms in total. The van der Waals surface area contributed by atoms with Gasteiger partial charge in [-0.15, -0.1) is 0 Å². The van der Waals surface area contributed by atoms with Gasteiger partial charge in [-0.1, -0.05) is 24.3 Å². The summed E-state index contributed by atoms with van der Waals surface area (Å²) < 4.78 is 10.7. The van der Waals surface area contributed by atoms with Gasteiger partial charge in [-0.05, 0) is 24.6 Å². The van der Waals surface area contributed by atoms with E-state index in [1.165, 1.54) is 7.11 Å². The fourth-order valence-corrected chi connectivity index (χ4v) is 1.80. The largest absolute Gasteiger partial charge is 0.493 e. The minimum atomic E-state index is -0.908. The molecule has 0 radical (unpaired) electrons. The van der Waals surface area contributed by atoms with Crippen LogP contribution >= 0.6 is 11.6 Å². The Hall–Kier alpha value is -1.72. The standard InChI is InChI=1S/C14H18ClNO4/c1-4-5-20-13-11(15)6-10(7-12(13)19-3)8-16-9(2)14(17)18/h4,6-7,9,16H,1,5,8H2,2-3H3,(H,17,18). The topological polar surface area (TPSA) is 67.8 Å². The van der Waals surface area contributed by atoms with E-state index in [9.17, 15) is 4.79 Å². The second-order valence-corrected chi connectivity index (χ2v) is 4.56. The summed E-state index contributed by atoms with van der Waals surface area (Å²) in [6.07, 6.45) is 1.61. The summed E-state index contributed by atoms with van der Waals surface area (Å²) >= 11 is 6.14. The lowest BCUT2D eigenvalue weighted by molar-refractivity contribution is -0.139. The first-order chi connectivity index (χ1) is 9.49. The van der Waals surface area contributed by atoms with E-state index in [0.29, 0.717) is 29.7 Å². The molecule has 2 N–H and O–H groups in total. The van der Waals surface area contributed by atoms with Crippen LogP contribution in [0.3, 0.4) is 0 Å². The van der Waals surface area contributed by atoms with Crippen molar-refractivity contribution < 1.29 is 19.4 Å². The average molecular weight is 300 g/mol. The van der Waals surface area contributed by atoms with Gasteiger partial charge in [-0.2, -0.15) is 0 Å². The first kappa shape index (κ1) is 16.3. The van der Waals surface area contributed by atoms with Crippen molar-refractivity contribution in [1.82, 2.24) is 5.32 Å². The number of hydrogen-bond donors (Lipinski definition) is 2. The molecule has 0 aliphatic heterocycles. The van der Waals surface area contributed by atoms with E-state index >= 15 is 0 Å². The maximum absolute atomic E-state index is 10.7. The Morgan fingerprint density at radius 3 is 2.85 bits per heavy atom. The molecule has 110 valence electrons. The summed E-state index contributed by atoms with van der Waals surface area (Å²) in [5, 5.41) is 12.1. The quantitative estimate of drug-likeness (QED) is 0.722. The van der Waals surface area contributed by atoms with Crippen molar-refractivity contribution in [3.05, 3.63) is 35.4 Å². The predicted octanol–water partition coefficient (Wildman–Crippen LogP) is 2.48. The van der Waals surface area contributed by atoms with Crippen LogP contribution in [0.15, 0.2) is 24.8 Å². The second kappa shape index (κ2) is 7.77. The molecule has 1 aromatic rings. The molecule has 0 saturated heterocycles. The molecular formula is C14H18ClNO4. The van der Waals surface area contributed by atoms with Gasteiger partial charge in [-0.3, -0.25) is 4.79 Å². The van der Waals surface area contributed by atoms with Gasteiger partial charge in [-0.25, -0.2) is 0 Å². The van der Waals surface area contributed by atoms with E-state index in [4.69, 9.17) is 26.2 Å². The lowest BCUT2D eigenvalue weighted by Crippen LogP contribution is -2.33. The molecule has 1 atom stereocenters. The molecule has 0 aliphatic rings. The summed E-state index contributed by atoms with van der Waals surface area (Å²) in [5.74, 6) is 0.0391. The van der Waals surface area contributed by atoms with Crippen LogP contribution in [0.25, 0.3) is 0 Å². The van der Waals surface area contributed by atoms with Crippen molar-refractivity contribution in [1.29, 1.82) is 0 Å². The van der Waals surface area contributed by atoms with E-state index in [2.05, 4.69) is 11.9 Å². The zero-order chi connectivity index (χ0) is 15.1. The monoisotopic (exact) mass is 299 g/mol. The van der Waals surface area contributed by atoms with Gasteiger partial charge >= 0.3 is 5.97 Å². The summed E-state index contributed by atoms with van der Waals surface area (Å²) in [7, 11) is 1.52. The lowest BCUT2D eigenvalue weighted by Gasteiger charge is -2.14. The third-order valence-electron chi connectivity index (χ3n) is 2.62. The Kier molecular flexibility index (Phi) is 6.35. The molecular weight excluding hydrogens is 282 g/mol. The molecule has 0 bridgehead atoms. The van der Waals surface area contributed by atoms with Crippen molar-refractivity contribution >= 4 is 17.6 Å². The highest BCUT2D eigenvalue weighted by Gasteiger charge is 2.14. The molecule has 0 aliphatic carbocycles. The van der Waals surface area contributed by atoms with Gasteiger partial charge in [0.25, 0.3) is 0 Å². The van der Waals surface area contributed by atoms with Crippen LogP contribution in [0.1, 0.15) is 12.5 Å². The highest BCUT2D eigenvalue weighted by Crippen LogP contribution is 2.36. The van der Waals surface area contributed by atoms with Crippen molar-refractivity contribution in [2.24, 2.45) is 0 Å². The van der Waals surface area contributed by atoms with Crippen LogP contribution in [0.4, 0.5) is 0 Å². The molecule has 6 heteroatoms. The number of carbonyl (C=O) groups is 1. The fourth-order valence-electron chi connectivity index (χ4n) is 1.52. The Balaban J connectivity index is 2.87. The molecule has 0 heterocycles. The number of carboxylic acid groups (broad SMARTS) is 1. The molecule has 20 heavy (non-hydrogen) atoms. The molecule has 0 amide bonds. The zero-order valence-corrected chi connectivity index (χ0v) is 12.2. The first-order valence-corrected chi connectivity index (χ1v) is 6.43. The molecule has 0 saturated carbocycles. The van der Waals surface area contributed by atoms with Crippen LogP contribution in [-0.4, -0.2) is 30.8 Å². The maximum Gasteiger partial charge on any atom is 0.320 e. The lowest BCUT2D eigenvalue weighted by atomic mass is 10.2. The molecule has 1 aromatic carbocycles.